The van der Waals surface area contributed by atoms with E-state index in [2.05, 4.69) is 6.92 Å². The highest BCUT2D eigenvalue weighted by Crippen LogP contribution is 2.27. The molecule has 0 atom stereocenters. The van der Waals surface area contributed by atoms with Gasteiger partial charge in [-0.15, -0.1) is 0 Å². The van der Waals surface area contributed by atoms with E-state index < -0.39 is 11.6 Å². The minimum atomic E-state index is -0.723. The summed E-state index contributed by atoms with van der Waals surface area (Å²) in [6, 6.07) is 10.2. The van der Waals surface area contributed by atoms with Crippen molar-refractivity contribution in [2.75, 3.05) is 0 Å². The van der Waals surface area contributed by atoms with Gasteiger partial charge in [0.2, 0.25) is 0 Å². The van der Waals surface area contributed by atoms with Crippen molar-refractivity contribution in [1.29, 1.82) is 0 Å². The molecular formula is C13H9F2O. The Balaban J connectivity index is 2.30. The van der Waals surface area contributed by atoms with Gasteiger partial charge in [0.05, 0.1) is 0 Å². The lowest BCUT2D eigenvalue weighted by Crippen LogP contribution is -1.91. The molecule has 0 fully saturated rings. The molecule has 0 bridgehead atoms. The van der Waals surface area contributed by atoms with Crippen LogP contribution in [0, 0.1) is 18.6 Å². The summed E-state index contributed by atoms with van der Waals surface area (Å²) >= 11 is 0. The summed E-state index contributed by atoms with van der Waals surface area (Å²) in [6.07, 6.45) is 0. The smallest absolute Gasteiger partial charge is 0.198 e. The van der Waals surface area contributed by atoms with Crippen molar-refractivity contribution in [2.45, 2.75) is 0 Å². The third-order valence-corrected chi connectivity index (χ3v) is 2.06. The van der Waals surface area contributed by atoms with Crippen LogP contribution in [0.15, 0.2) is 42.5 Å². The van der Waals surface area contributed by atoms with E-state index in [1.54, 1.807) is 24.3 Å². The summed E-state index contributed by atoms with van der Waals surface area (Å²) in [5, 5.41) is 0. The zero-order chi connectivity index (χ0) is 11.5. The average molecular weight is 219 g/mol. The Labute approximate surface area is 92.3 Å². The van der Waals surface area contributed by atoms with Gasteiger partial charge in [0, 0.05) is 0 Å². The quantitative estimate of drug-likeness (QED) is 0.743. The van der Waals surface area contributed by atoms with Gasteiger partial charge in [-0.2, -0.15) is 0 Å². The first-order chi connectivity index (χ1) is 7.66. The van der Waals surface area contributed by atoms with E-state index in [0.717, 1.165) is 17.7 Å². The van der Waals surface area contributed by atoms with E-state index >= 15 is 0 Å². The molecule has 0 aliphatic rings. The van der Waals surface area contributed by atoms with Gasteiger partial charge in [-0.05, 0) is 36.8 Å². The molecule has 2 rings (SSSR count). The zero-order valence-electron chi connectivity index (χ0n) is 8.41. The predicted octanol–water partition coefficient (Wildman–Crippen LogP) is 3.94. The largest absolute Gasteiger partial charge is 0.451 e. The first-order valence-corrected chi connectivity index (χ1v) is 4.71. The van der Waals surface area contributed by atoms with Crippen LogP contribution >= 0.6 is 0 Å². The van der Waals surface area contributed by atoms with Crippen LogP contribution in [0.3, 0.4) is 0 Å². The molecule has 1 nitrogen and oxygen atoms in total. The van der Waals surface area contributed by atoms with Gasteiger partial charge in [0.15, 0.2) is 17.4 Å². The van der Waals surface area contributed by atoms with Crippen molar-refractivity contribution < 1.29 is 13.5 Å². The lowest BCUT2D eigenvalue weighted by molar-refractivity contribution is 0.407. The maximum atomic E-state index is 13.2. The fourth-order valence-corrected chi connectivity index (χ4v) is 1.26. The molecular weight excluding hydrogens is 210 g/mol. The van der Waals surface area contributed by atoms with Gasteiger partial charge in [0.25, 0.3) is 0 Å². The molecule has 81 valence electrons. The van der Waals surface area contributed by atoms with Crippen LogP contribution in [0.2, 0.25) is 0 Å². The van der Waals surface area contributed by atoms with Crippen molar-refractivity contribution in [3.63, 3.8) is 0 Å². The number of hydrogen-bond donors (Lipinski definition) is 0. The van der Waals surface area contributed by atoms with Crippen molar-refractivity contribution in [3.05, 3.63) is 66.6 Å². The third-order valence-electron chi connectivity index (χ3n) is 2.06. The Bertz CT molecular complexity index is 472. The summed E-state index contributed by atoms with van der Waals surface area (Å²) < 4.78 is 31.6. The van der Waals surface area contributed by atoms with Gasteiger partial charge >= 0.3 is 0 Å². The number of para-hydroxylation sites is 1. The van der Waals surface area contributed by atoms with Gasteiger partial charge in [-0.25, -0.2) is 8.78 Å². The molecule has 0 aliphatic carbocycles. The van der Waals surface area contributed by atoms with E-state index in [0.29, 0.717) is 5.75 Å². The van der Waals surface area contributed by atoms with Crippen LogP contribution in [-0.4, -0.2) is 0 Å². The first-order valence-electron chi connectivity index (χ1n) is 4.71. The lowest BCUT2D eigenvalue weighted by Gasteiger charge is -2.07. The highest BCUT2D eigenvalue weighted by Gasteiger charge is 2.10. The van der Waals surface area contributed by atoms with Gasteiger partial charge < -0.3 is 4.74 Å². The molecule has 0 aliphatic heterocycles. The molecule has 3 heteroatoms. The number of rotatable bonds is 2. The fourth-order valence-electron chi connectivity index (χ4n) is 1.26. The van der Waals surface area contributed by atoms with Crippen molar-refractivity contribution in [1.82, 2.24) is 0 Å². The Morgan fingerprint density at radius 2 is 1.44 bits per heavy atom. The molecule has 0 N–H and O–H groups in total. The maximum absolute atomic E-state index is 13.2. The third kappa shape index (κ3) is 2.19. The van der Waals surface area contributed by atoms with E-state index in [1.165, 1.54) is 6.07 Å². The number of halogens is 2. The minimum Gasteiger partial charge on any atom is -0.451 e. The van der Waals surface area contributed by atoms with Crippen molar-refractivity contribution in [2.24, 2.45) is 0 Å². The topological polar surface area (TPSA) is 9.23 Å². The van der Waals surface area contributed by atoms with E-state index in [1.807, 2.05) is 0 Å². The van der Waals surface area contributed by atoms with Crippen LogP contribution < -0.4 is 4.74 Å². The predicted molar refractivity (Wildman–Crippen MR) is 57.3 cm³/mol. The highest BCUT2D eigenvalue weighted by atomic mass is 19.1. The fraction of sp³-hybridized carbons (Fsp3) is 0. The van der Waals surface area contributed by atoms with E-state index in [4.69, 9.17) is 4.74 Å². The van der Waals surface area contributed by atoms with Crippen LogP contribution in [0.25, 0.3) is 0 Å². The summed E-state index contributed by atoms with van der Waals surface area (Å²) in [5.41, 5.74) is 0.807. The summed E-state index contributed by atoms with van der Waals surface area (Å²) in [6.45, 7) is 3.70. The van der Waals surface area contributed by atoms with Crippen molar-refractivity contribution in [3.8, 4) is 11.5 Å². The summed E-state index contributed by atoms with van der Waals surface area (Å²) in [5.74, 6) is -1.46. The molecule has 1 radical (unpaired) electrons. The van der Waals surface area contributed by atoms with Gasteiger partial charge in [0.1, 0.15) is 5.75 Å². The monoisotopic (exact) mass is 219 g/mol. The van der Waals surface area contributed by atoms with Gasteiger partial charge in [-0.1, -0.05) is 18.2 Å². The van der Waals surface area contributed by atoms with Crippen LogP contribution in [0.5, 0.6) is 11.5 Å². The lowest BCUT2D eigenvalue weighted by atomic mass is 10.2. The summed E-state index contributed by atoms with van der Waals surface area (Å²) in [4.78, 5) is 0. The second-order valence-corrected chi connectivity index (χ2v) is 3.30. The SMILES string of the molecule is [CH2]c1ccc(Oc2c(F)cccc2F)cc1. The van der Waals surface area contributed by atoms with E-state index in [-0.39, 0.29) is 5.75 Å². The second-order valence-electron chi connectivity index (χ2n) is 3.30. The molecule has 2 aromatic carbocycles. The summed E-state index contributed by atoms with van der Waals surface area (Å²) in [7, 11) is 0. The maximum Gasteiger partial charge on any atom is 0.198 e. The van der Waals surface area contributed by atoms with Crippen LogP contribution in [0.1, 0.15) is 5.56 Å². The normalized spacial score (nSPS) is 10.2. The van der Waals surface area contributed by atoms with Gasteiger partial charge in [-0.3, -0.25) is 0 Å². The first kappa shape index (κ1) is 10.6. The Kier molecular flexibility index (Phi) is 2.86. The molecule has 0 spiro atoms. The molecule has 0 unspecified atom stereocenters. The molecule has 16 heavy (non-hydrogen) atoms. The highest BCUT2D eigenvalue weighted by molar-refractivity contribution is 5.35. The number of ether oxygens (including phenoxy) is 1. The van der Waals surface area contributed by atoms with E-state index in [9.17, 15) is 8.78 Å². The zero-order valence-corrected chi connectivity index (χ0v) is 8.41. The average Bonchev–Trinajstić information content (AvgIpc) is 2.26. The Hall–Kier alpha value is -1.90. The van der Waals surface area contributed by atoms with Crippen molar-refractivity contribution >= 4 is 0 Å². The second kappa shape index (κ2) is 4.31. The minimum absolute atomic E-state index is 0.372. The van der Waals surface area contributed by atoms with Crippen LogP contribution in [0.4, 0.5) is 8.78 Å². The number of benzene rings is 2. The van der Waals surface area contributed by atoms with Crippen LogP contribution in [-0.2, 0) is 0 Å². The molecule has 2 aromatic rings. The Morgan fingerprint density at radius 1 is 0.875 bits per heavy atom. The standard InChI is InChI=1S/C13H9F2O/c1-9-5-7-10(8-6-9)16-13-11(14)3-2-4-12(13)15/h2-8H,1H2. The molecule has 0 amide bonds. The molecule has 0 aromatic heterocycles. The Morgan fingerprint density at radius 3 is 2.00 bits per heavy atom. The number of hydrogen-bond acceptors (Lipinski definition) is 1. The molecule has 0 heterocycles. The molecule has 0 saturated carbocycles. The molecule has 0 saturated heterocycles.